The van der Waals surface area contributed by atoms with E-state index in [2.05, 4.69) is 5.14 Å². The summed E-state index contributed by atoms with van der Waals surface area (Å²) in [6.45, 7) is 1.50. The van der Waals surface area contributed by atoms with Gasteiger partial charge in [0.05, 0.1) is 17.7 Å². The quantitative estimate of drug-likeness (QED) is 0.569. The first-order valence-electron chi connectivity index (χ1n) is 2.36. The molecule has 9 heavy (non-hydrogen) atoms. The molecule has 0 radical (unpaired) electrons. The average Bonchev–Trinajstić information content (AvgIpc) is 1.62. The molecular weight excluding hydrogens is 140 g/mol. The van der Waals surface area contributed by atoms with Crippen LogP contribution in [0.25, 0.3) is 0 Å². The van der Waals surface area contributed by atoms with Gasteiger partial charge in [-0.15, -0.1) is 0 Å². The Morgan fingerprint density at radius 2 is 2.22 bits per heavy atom. The highest BCUT2D eigenvalue weighted by molar-refractivity contribution is 7.89. The van der Waals surface area contributed by atoms with Gasteiger partial charge in [-0.25, -0.2) is 13.6 Å². The Hall–Kier alpha value is -0.600. The maximum absolute atomic E-state index is 10.2. The van der Waals surface area contributed by atoms with Gasteiger partial charge < -0.3 is 0 Å². The van der Waals surface area contributed by atoms with Crippen molar-refractivity contribution in [3.8, 4) is 6.07 Å². The van der Waals surface area contributed by atoms with Crippen molar-refractivity contribution in [2.24, 2.45) is 11.1 Å². The molecule has 0 saturated carbocycles. The maximum atomic E-state index is 10.2. The molecule has 0 rings (SSSR count). The molecule has 0 fully saturated rings. The fourth-order valence-electron chi connectivity index (χ4n) is 0.386. The van der Waals surface area contributed by atoms with Crippen molar-refractivity contribution in [1.82, 2.24) is 0 Å². The van der Waals surface area contributed by atoms with Crippen molar-refractivity contribution in [1.29, 1.82) is 5.26 Å². The van der Waals surface area contributed by atoms with Crippen molar-refractivity contribution < 1.29 is 8.42 Å². The van der Waals surface area contributed by atoms with E-state index in [0.29, 0.717) is 0 Å². The third-order valence-corrected chi connectivity index (χ3v) is 1.67. The van der Waals surface area contributed by atoms with Crippen LogP contribution < -0.4 is 5.14 Å². The zero-order chi connectivity index (χ0) is 7.49. The topological polar surface area (TPSA) is 83.9 Å². The molecule has 0 bridgehead atoms. The lowest BCUT2D eigenvalue weighted by Crippen LogP contribution is -2.20. The van der Waals surface area contributed by atoms with Gasteiger partial charge in [-0.05, 0) is 6.92 Å². The zero-order valence-corrected chi connectivity index (χ0v) is 5.85. The van der Waals surface area contributed by atoms with Crippen LogP contribution >= 0.6 is 0 Å². The summed E-state index contributed by atoms with van der Waals surface area (Å²) in [6, 6.07) is 1.76. The highest BCUT2D eigenvalue weighted by Crippen LogP contribution is 1.93. The normalized spacial score (nSPS) is 14.3. The molecule has 0 aromatic rings. The number of hydrogen-bond acceptors (Lipinski definition) is 3. The molecule has 0 aliphatic rings. The largest absolute Gasteiger partial charge is 0.229 e. The molecular formula is C4H8N2O2S. The predicted octanol–water partition coefficient (Wildman–Crippen LogP) is -0.565. The number of hydrogen-bond donors (Lipinski definition) is 1. The van der Waals surface area contributed by atoms with Crippen LogP contribution in [0.3, 0.4) is 0 Å². The van der Waals surface area contributed by atoms with Gasteiger partial charge in [0.25, 0.3) is 0 Å². The van der Waals surface area contributed by atoms with E-state index in [1.54, 1.807) is 6.07 Å². The molecule has 0 aliphatic heterocycles. The molecule has 0 aliphatic carbocycles. The lowest BCUT2D eigenvalue weighted by molar-refractivity contribution is 0.591. The molecule has 5 heteroatoms. The first kappa shape index (κ1) is 8.40. The van der Waals surface area contributed by atoms with Crippen molar-refractivity contribution in [3.05, 3.63) is 0 Å². The number of nitriles is 1. The first-order valence-corrected chi connectivity index (χ1v) is 4.07. The van der Waals surface area contributed by atoms with E-state index in [9.17, 15) is 8.42 Å². The SMILES string of the molecule is CC(C#N)CS(N)(=O)=O. The van der Waals surface area contributed by atoms with Gasteiger partial charge in [-0.1, -0.05) is 0 Å². The van der Waals surface area contributed by atoms with E-state index in [1.807, 2.05) is 0 Å². The highest BCUT2D eigenvalue weighted by atomic mass is 32.2. The van der Waals surface area contributed by atoms with Crippen molar-refractivity contribution in [3.63, 3.8) is 0 Å². The summed E-state index contributed by atoms with van der Waals surface area (Å²) in [4.78, 5) is 0. The third kappa shape index (κ3) is 5.27. The second-order valence-electron chi connectivity index (χ2n) is 1.86. The monoisotopic (exact) mass is 148 g/mol. The summed E-state index contributed by atoms with van der Waals surface area (Å²) >= 11 is 0. The Morgan fingerprint density at radius 3 is 2.33 bits per heavy atom. The number of nitrogens with zero attached hydrogens (tertiary/aromatic N) is 1. The summed E-state index contributed by atoms with van der Waals surface area (Å²) in [6.07, 6.45) is 0. The second kappa shape index (κ2) is 2.80. The molecule has 0 saturated heterocycles. The molecule has 0 amide bonds. The van der Waals surface area contributed by atoms with Crippen molar-refractivity contribution in [2.45, 2.75) is 6.92 Å². The number of nitrogens with two attached hydrogens (primary N) is 1. The van der Waals surface area contributed by atoms with Gasteiger partial charge in [-0.3, -0.25) is 0 Å². The second-order valence-corrected chi connectivity index (χ2v) is 3.52. The van der Waals surface area contributed by atoms with Crippen molar-refractivity contribution >= 4 is 10.0 Å². The molecule has 0 aromatic carbocycles. The molecule has 0 heterocycles. The fraction of sp³-hybridized carbons (Fsp3) is 0.750. The fourth-order valence-corrected chi connectivity index (χ4v) is 1.16. The molecule has 2 N–H and O–H groups in total. The minimum absolute atomic E-state index is 0.260. The smallest absolute Gasteiger partial charge is 0.210 e. The molecule has 0 spiro atoms. The lowest BCUT2D eigenvalue weighted by Gasteiger charge is -1.96. The van der Waals surface area contributed by atoms with Gasteiger partial charge in [0.1, 0.15) is 0 Å². The van der Waals surface area contributed by atoms with Crippen LogP contribution in [0, 0.1) is 17.2 Å². The Balaban J connectivity index is 3.94. The van der Waals surface area contributed by atoms with Gasteiger partial charge in [0.2, 0.25) is 10.0 Å². The Morgan fingerprint density at radius 1 is 1.78 bits per heavy atom. The number of sulfonamides is 1. The molecule has 1 atom stereocenters. The standard InChI is InChI=1S/C4H8N2O2S/c1-4(2-5)3-9(6,7)8/h4H,3H2,1H3,(H2,6,7,8). The molecule has 1 unspecified atom stereocenters. The Labute approximate surface area is 54.3 Å². The Bertz CT molecular complexity index is 213. The van der Waals surface area contributed by atoms with Gasteiger partial charge in [0, 0.05) is 0 Å². The minimum Gasteiger partial charge on any atom is -0.229 e. The van der Waals surface area contributed by atoms with Crippen LogP contribution in [0.2, 0.25) is 0 Å². The molecule has 0 aromatic heterocycles. The molecule has 52 valence electrons. The van der Waals surface area contributed by atoms with Gasteiger partial charge in [-0.2, -0.15) is 5.26 Å². The lowest BCUT2D eigenvalue weighted by atomic mass is 10.3. The first-order chi connectivity index (χ1) is 3.95. The van der Waals surface area contributed by atoms with Crippen LogP contribution in [0.1, 0.15) is 6.92 Å². The zero-order valence-electron chi connectivity index (χ0n) is 5.03. The van der Waals surface area contributed by atoms with Crippen LogP contribution in [-0.4, -0.2) is 14.2 Å². The highest BCUT2D eigenvalue weighted by Gasteiger charge is 2.08. The average molecular weight is 148 g/mol. The molecule has 4 nitrogen and oxygen atoms in total. The number of primary sulfonamides is 1. The van der Waals surface area contributed by atoms with Crippen molar-refractivity contribution in [2.75, 3.05) is 5.75 Å². The summed E-state index contributed by atoms with van der Waals surface area (Å²) in [5.41, 5.74) is 0. The summed E-state index contributed by atoms with van der Waals surface area (Å²) < 4.78 is 20.5. The summed E-state index contributed by atoms with van der Waals surface area (Å²) in [5, 5.41) is 12.8. The van der Waals surface area contributed by atoms with Crippen LogP contribution in [0.4, 0.5) is 0 Å². The summed E-state index contributed by atoms with van der Waals surface area (Å²) in [5.74, 6) is -0.774. The minimum atomic E-state index is -3.46. The maximum Gasteiger partial charge on any atom is 0.210 e. The van der Waals surface area contributed by atoms with Crippen LogP contribution in [0.5, 0.6) is 0 Å². The van der Waals surface area contributed by atoms with Gasteiger partial charge in [0.15, 0.2) is 0 Å². The van der Waals surface area contributed by atoms with E-state index >= 15 is 0 Å². The Kier molecular flexibility index (Phi) is 2.62. The predicted molar refractivity (Wildman–Crippen MR) is 32.8 cm³/mol. The van der Waals surface area contributed by atoms with Crippen LogP contribution in [-0.2, 0) is 10.0 Å². The number of rotatable bonds is 2. The third-order valence-electron chi connectivity index (χ3n) is 0.703. The van der Waals surface area contributed by atoms with Crippen LogP contribution in [0.15, 0.2) is 0 Å². The van der Waals surface area contributed by atoms with E-state index in [1.165, 1.54) is 6.92 Å². The summed E-state index contributed by atoms with van der Waals surface area (Å²) in [7, 11) is -3.46. The van der Waals surface area contributed by atoms with E-state index in [-0.39, 0.29) is 5.75 Å². The van der Waals surface area contributed by atoms with E-state index < -0.39 is 15.9 Å². The van der Waals surface area contributed by atoms with E-state index in [0.717, 1.165) is 0 Å². The van der Waals surface area contributed by atoms with E-state index in [4.69, 9.17) is 5.26 Å². The van der Waals surface area contributed by atoms with Gasteiger partial charge >= 0.3 is 0 Å².